The van der Waals surface area contributed by atoms with Gasteiger partial charge in [-0.05, 0) is 11.6 Å². The Bertz CT molecular complexity index is 684. The molecule has 2 fully saturated rings. The molecule has 2 heterocycles. The summed E-state index contributed by atoms with van der Waals surface area (Å²) in [6, 6.07) is 5.12. The molecule has 2 amide bonds. The van der Waals surface area contributed by atoms with E-state index in [0.717, 1.165) is 6.07 Å². The molecule has 0 bridgehead atoms. The highest BCUT2D eigenvalue weighted by atomic mass is 19.4. The van der Waals surface area contributed by atoms with Crippen LogP contribution in [0.5, 0.6) is 0 Å². The van der Waals surface area contributed by atoms with Gasteiger partial charge in [-0.3, -0.25) is 4.90 Å². The number of piperidine rings is 1. The Hall–Kier alpha value is -2.45. The van der Waals surface area contributed by atoms with Gasteiger partial charge in [0, 0.05) is 32.5 Å². The van der Waals surface area contributed by atoms with Gasteiger partial charge in [0.15, 0.2) is 0 Å². The summed E-state index contributed by atoms with van der Waals surface area (Å²) in [5.41, 5.74) is -1.59. The molecule has 0 saturated carbocycles. The van der Waals surface area contributed by atoms with Gasteiger partial charge in [0.1, 0.15) is 5.60 Å². The second-order valence-electron chi connectivity index (χ2n) is 6.33. The normalized spacial score (nSPS) is 20.0. The largest absolute Gasteiger partial charge is 0.465 e. The quantitative estimate of drug-likeness (QED) is 0.882. The number of carbonyl (C=O) groups is 2. The Labute approximate surface area is 141 Å². The summed E-state index contributed by atoms with van der Waals surface area (Å²) >= 11 is 0. The van der Waals surface area contributed by atoms with E-state index in [2.05, 4.69) is 0 Å². The minimum absolute atomic E-state index is 0.00646. The molecular weight excluding hydrogens is 341 g/mol. The molecule has 0 unspecified atom stereocenters. The number of alkyl halides is 3. The number of amides is 2. The van der Waals surface area contributed by atoms with Crippen LogP contribution in [0, 0.1) is 0 Å². The van der Waals surface area contributed by atoms with Crippen LogP contribution < -0.4 is 0 Å². The Morgan fingerprint density at radius 2 is 1.88 bits per heavy atom. The number of ether oxygens (including phenoxy) is 1. The van der Waals surface area contributed by atoms with Gasteiger partial charge in [0.05, 0.1) is 12.1 Å². The highest BCUT2D eigenvalue weighted by Gasteiger charge is 2.48. The van der Waals surface area contributed by atoms with Crippen molar-refractivity contribution >= 4 is 12.2 Å². The molecule has 3 rings (SSSR count). The summed E-state index contributed by atoms with van der Waals surface area (Å²) in [7, 11) is 0. The zero-order valence-corrected chi connectivity index (χ0v) is 13.3. The number of hydrogen-bond donors (Lipinski definition) is 1. The van der Waals surface area contributed by atoms with Crippen molar-refractivity contribution in [2.24, 2.45) is 0 Å². The minimum atomic E-state index is -4.50. The number of carbonyl (C=O) groups excluding carboxylic acids is 1. The molecule has 2 aliphatic heterocycles. The summed E-state index contributed by atoms with van der Waals surface area (Å²) in [5.74, 6) is 0. The molecule has 2 aliphatic rings. The Morgan fingerprint density at radius 1 is 1.24 bits per heavy atom. The van der Waals surface area contributed by atoms with Crippen LogP contribution in [-0.2, 0) is 17.5 Å². The fraction of sp³-hybridized carbons (Fsp3) is 0.500. The first-order chi connectivity index (χ1) is 11.7. The molecule has 9 heteroatoms. The van der Waals surface area contributed by atoms with Crippen LogP contribution in [0.4, 0.5) is 22.8 Å². The van der Waals surface area contributed by atoms with Gasteiger partial charge in [-0.2, -0.15) is 13.2 Å². The van der Waals surface area contributed by atoms with Gasteiger partial charge in [0.25, 0.3) is 0 Å². The average Bonchev–Trinajstić information content (AvgIpc) is 2.82. The maximum Gasteiger partial charge on any atom is 0.416 e. The van der Waals surface area contributed by atoms with E-state index in [9.17, 15) is 22.8 Å². The van der Waals surface area contributed by atoms with Gasteiger partial charge >= 0.3 is 18.4 Å². The number of benzene rings is 1. The summed E-state index contributed by atoms with van der Waals surface area (Å²) in [6.07, 6.45) is -5.52. The first-order valence-electron chi connectivity index (χ1n) is 7.81. The van der Waals surface area contributed by atoms with Crippen LogP contribution in [-0.4, -0.2) is 52.3 Å². The first kappa shape index (κ1) is 17.4. The monoisotopic (exact) mass is 358 g/mol. The standard InChI is InChI=1S/C16H17F3N2O4/c17-16(18,19)12-4-2-1-3-11(12)9-21-10-15(25-14(21)24)5-7-20(8-6-15)13(22)23/h1-4H,5-10H2,(H,22,23). The molecule has 6 nitrogen and oxygen atoms in total. The number of carboxylic acid groups (broad SMARTS) is 1. The predicted molar refractivity (Wildman–Crippen MR) is 79.9 cm³/mol. The predicted octanol–water partition coefficient (Wildman–Crippen LogP) is 3.17. The Morgan fingerprint density at radius 3 is 2.48 bits per heavy atom. The van der Waals surface area contributed by atoms with Crippen LogP contribution in [0.2, 0.25) is 0 Å². The third kappa shape index (κ3) is 3.49. The van der Waals surface area contributed by atoms with Crippen LogP contribution in [0.3, 0.4) is 0 Å². The third-order valence-corrected chi connectivity index (χ3v) is 4.67. The fourth-order valence-corrected chi connectivity index (χ4v) is 3.32. The van der Waals surface area contributed by atoms with E-state index in [1.165, 1.54) is 28.0 Å². The molecule has 136 valence electrons. The molecule has 0 aliphatic carbocycles. The lowest BCUT2D eigenvalue weighted by Crippen LogP contribution is -2.48. The SMILES string of the molecule is O=C(O)N1CCC2(CC1)CN(Cc1ccccc1C(F)(F)F)C(=O)O2. The van der Waals surface area contributed by atoms with Crippen LogP contribution in [0.25, 0.3) is 0 Å². The summed E-state index contributed by atoms with van der Waals surface area (Å²) < 4.78 is 44.7. The summed E-state index contributed by atoms with van der Waals surface area (Å²) in [6.45, 7) is 0.426. The van der Waals surface area contributed by atoms with Gasteiger partial charge in [0.2, 0.25) is 0 Å². The van der Waals surface area contributed by atoms with Crippen molar-refractivity contribution < 1.29 is 32.6 Å². The third-order valence-electron chi connectivity index (χ3n) is 4.67. The molecule has 1 spiro atoms. The van der Waals surface area contributed by atoms with Crippen LogP contribution >= 0.6 is 0 Å². The van der Waals surface area contributed by atoms with E-state index in [1.807, 2.05) is 0 Å². The number of halogens is 3. The lowest BCUT2D eigenvalue weighted by atomic mass is 9.91. The van der Waals surface area contributed by atoms with E-state index < -0.39 is 29.5 Å². The van der Waals surface area contributed by atoms with Crippen molar-refractivity contribution in [2.75, 3.05) is 19.6 Å². The highest BCUT2D eigenvalue weighted by Crippen LogP contribution is 2.36. The summed E-state index contributed by atoms with van der Waals surface area (Å²) in [4.78, 5) is 25.6. The van der Waals surface area contributed by atoms with E-state index in [1.54, 1.807) is 0 Å². The van der Waals surface area contributed by atoms with E-state index in [-0.39, 0.29) is 31.7 Å². The van der Waals surface area contributed by atoms with Crippen molar-refractivity contribution in [1.29, 1.82) is 0 Å². The van der Waals surface area contributed by atoms with Gasteiger partial charge in [-0.15, -0.1) is 0 Å². The van der Waals surface area contributed by atoms with Gasteiger partial charge in [-0.25, -0.2) is 9.59 Å². The molecule has 1 aromatic rings. The van der Waals surface area contributed by atoms with Crippen molar-refractivity contribution in [3.05, 3.63) is 35.4 Å². The topological polar surface area (TPSA) is 70.1 Å². The highest BCUT2D eigenvalue weighted by molar-refractivity contribution is 5.71. The molecule has 0 atom stereocenters. The minimum Gasteiger partial charge on any atom is -0.465 e. The first-order valence-corrected chi connectivity index (χ1v) is 7.81. The molecule has 0 radical (unpaired) electrons. The number of likely N-dealkylation sites (tertiary alicyclic amines) is 1. The molecule has 1 aromatic carbocycles. The van der Waals surface area contributed by atoms with Crippen molar-refractivity contribution in [3.8, 4) is 0 Å². The maximum absolute atomic E-state index is 13.1. The fourth-order valence-electron chi connectivity index (χ4n) is 3.32. The molecular formula is C16H17F3N2O4. The zero-order valence-electron chi connectivity index (χ0n) is 13.3. The lowest BCUT2D eigenvalue weighted by molar-refractivity contribution is -0.138. The molecule has 2 saturated heterocycles. The Balaban J connectivity index is 1.72. The second-order valence-corrected chi connectivity index (χ2v) is 6.33. The van der Waals surface area contributed by atoms with Gasteiger partial charge < -0.3 is 14.7 Å². The van der Waals surface area contributed by atoms with Crippen LogP contribution in [0.1, 0.15) is 24.0 Å². The van der Waals surface area contributed by atoms with Gasteiger partial charge in [-0.1, -0.05) is 18.2 Å². The number of nitrogens with zero attached hydrogens (tertiary/aromatic N) is 2. The van der Waals surface area contributed by atoms with Crippen molar-refractivity contribution in [1.82, 2.24) is 9.80 Å². The maximum atomic E-state index is 13.1. The number of hydrogen-bond acceptors (Lipinski definition) is 3. The number of rotatable bonds is 2. The average molecular weight is 358 g/mol. The smallest absolute Gasteiger partial charge is 0.416 e. The summed E-state index contributed by atoms with van der Waals surface area (Å²) in [5, 5.41) is 8.98. The van der Waals surface area contributed by atoms with E-state index in [4.69, 9.17) is 9.84 Å². The molecule has 25 heavy (non-hydrogen) atoms. The van der Waals surface area contributed by atoms with Crippen LogP contribution in [0.15, 0.2) is 24.3 Å². The lowest BCUT2D eigenvalue weighted by Gasteiger charge is -2.36. The Kier molecular flexibility index (Phi) is 4.26. The second kappa shape index (κ2) is 6.12. The van der Waals surface area contributed by atoms with E-state index >= 15 is 0 Å². The van der Waals surface area contributed by atoms with Crippen molar-refractivity contribution in [3.63, 3.8) is 0 Å². The van der Waals surface area contributed by atoms with E-state index in [0.29, 0.717) is 12.8 Å². The molecule has 1 N–H and O–H groups in total. The molecule has 0 aromatic heterocycles. The van der Waals surface area contributed by atoms with Crippen molar-refractivity contribution in [2.45, 2.75) is 31.2 Å². The zero-order chi connectivity index (χ0) is 18.2.